The molecule has 0 radical (unpaired) electrons. The first-order valence-electron chi connectivity index (χ1n) is 28.3. The average Bonchev–Trinajstić information content (AvgIpc) is 3.94. The van der Waals surface area contributed by atoms with Crippen LogP contribution in [0.25, 0.3) is 0 Å². The van der Waals surface area contributed by atoms with Crippen LogP contribution in [0.3, 0.4) is 0 Å². The number of hydrogen-bond acceptors (Lipinski definition) is 11. The van der Waals surface area contributed by atoms with Crippen molar-refractivity contribution >= 4 is 53.2 Å². The van der Waals surface area contributed by atoms with Gasteiger partial charge in [0.15, 0.2) is 6.10 Å². The predicted molar refractivity (Wildman–Crippen MR) is 299 cm³/mol. The molecule has 1 spiro atoms. The minimum atomic E-state index is -2.05. The summed E-state index contributed by atoms with van der Waals surface area (Å²) >= 11 is 0. The Bertz CT molecular complexity index is 2510. The minimum absolute atomic E-state index is 0.00667. The van der Waals surface area contributed by atoms with Gasteiger partial charge in [-0.1, -0.05) is 136 Å². The number of hydrogen-bond donors (Lipinski definition) is 3. The number of cyclic esters (lactones) is 1. The second kappa shape index (κ2) is 26.7. The fourth-order valence-electron chi connectivity index (χ4n) is 11.3. The summed E-state index contributed by atoms with van der Waals surface area (Å²) in [5.74, 6) is -8.22. The zero-order valence-electron chi connectivity index (χ0n) is 49.7. The van der Waals surface area contributed by atoms with Gasteiger partial charge in [-0.3, -0.25) is 38.4 Å². The van der Waals surface area contributed by atoms with E-state index in [0.717, 1.165) is 10.5 Å². The third kappa shape index (κ3) is 14.2. The van der Waals surface area contributed by atoms with Gasteiger partial charge in [0, 0.05) is 53.5 Å². The summed E-state index contributed by atoms with van der Waals surface area (Å²) in [6.45, 7) is 21.4. The molecule has 79 heavy (non-hydrogen) atoms. The Morgan fingerprint density at radius 3 is 1.56 bits per heavy atom. The Balaban J connectivity index is 1.69. The molecule has 3 fully saturated rings. The van der Waals surface area contributed by atoms with Gasteiger partial charge >= 0.3 is 5.97 Å². The summed E-state index contributed by atoms with van der Waals surface area (Å²) in [6, 6.07) is 10.1. The van der Waals surface area contributed by atoms with Gasteiger partial charge in [-0.2, -0.15) is 0 Å². The van der Waals surface area contributed by atoms with Crippen molar-refractivity contribution in [2.45, 2.75) is 188 Å². The van der Waals surface area contributed by atoms with Crippen molar-refractivity contribution in [2.75, 3.05) is 34.7 Å². The molecule has 3 aliphatic rings. The van der Waals surface area contributed by atoms with Crippen LogP contribution in [-0.4, -0.2) is 172 Å². The number of nitrogens with one attached hydrogen (secondary N) is 3. The van der Waals surface area contributed by atoms with E-state index < -0.39 is 137 Å². The predicted octanol–water partition coefficient (Wildman–Crippen LogP) is 4.74. The molecule has 2 aromatic carbocycles. The lowest BCUT2D eigenvalue weighted by atomic mass is 9.94. The third-order valence-electron chi connectivity index (χ3n) is 16.4. The maximum absolute atomic E-state index is 15.3. The van der Waals surface area contributed by atoms with Crippen molar-refractivity contribution in [1.29, 1.82) is 0 Å². The summed E-state index contributed by atoms with van der Waals surface area (Å²) in [4.78, 5) is 141. The second-order valence-corrected chi connectivity index (χ2v) is 23.8. The molecule has 3 N–H and O–H groups in total. The fraction of sp³-hybridized carbons (Fsp3) is 0.650. The molecule has 19 heteroatoms. The van der Waals surface area contributed by atoms with E-state index in [1.165, 1.54) is 47.8 Å². The van der Waals surface area contributed by atoms with Gasteiger partial charge in [-0.15, -0.1) is 0 Å². The van der Waals surface area contributed by atoms with Gasteiger partial charge in [-0.25, -0.2) is 4.79 Å². The lowest BCUT2D eigenvalue weighted by molar-refractivity contribution is -0.177. The monoisotopic (exact) mass is 1100 g/mol. The third-order valence-corrected chi connectivity index (χ3v) is 16.4. The zero-order chi connectivity index (χ0) is 59.0. The van der Waals surface area contributed by atoms with Crippen molar-refractivity contribution in [3.05, 3.63) is 71.8 Å². The number of rotatable bonds is 12. The van der Waals surface area contributed by atoms with Crippen molar-refractivity contribution in [3.63, 3.8) is 0 Å². The number of carbonyl (C=O) groups is 9. The van der Waals surface area contributed by atoms with Crippen LogP contribution >= 0.6 is 0 Å². The molecule has 0 unspecified atom stereocenters. The van der Waals surface area contributed by atoms with Crippen LogP contribution in [0.4, 0.5) is 0 Å². The molecule has 0 aliphatic carbocycles. The summed E-state index contributed by atoms with van der Waals surface area (Å²) in [5.41, 5.74) is -1.94. The van der Waals surface area contributed by atoms with E-state index in [1.807, 2.05) is 95.3 Å². The van der Waals surface area contributed by atoms with Gasteiger partial charge in [0.25, 0.3) is 11.6 Å². The first kappa shape index (κ1) is 63.5. The normalized spacial score (nSPS) is 28.4. The quantitative estimate of drug-likeness (QED) is 0.194. The standard InChI is InChI=1S/C60H90N8O11/c1-17-38(9)46-56(75)65(14)47(36(5)6)51(70)61-42(32-35(3)4)54(73)67(16)60(59(11,12)79-60)58(77)78-49(39(10)18-2)57(76)66(15)48(37(7)8)52(71)62-43(33-40-26-21-19-22-27-40)53(72)64(13)45(34-41-28-23-20-24-29-41)55(74)68-31-25-30-44(68)50(69)63-46/h19-24,26-29,35-39,42-49H,17-18,25,30-34H2,1-16H3,(H,61,70)(H,62,71)(H,63,69)/t38-,39-,42-,43-,44-,45-,46-,47-,48-,49+,60+/m0/s1. The summed E-state index contributed by atoms with van der Waals surface area (Å²) in [7, 11) is 5.80. The topological polar surface area (TPSA) is 228 Å². The van der Waals surface area contributed by atoms with Gasteiger partial charge in [0.05, 0.1) is 0 Å². The fourth-order valence-corrected chi connectivity index (χ4v) is 11.3. The first-order chi connectivity index (χ1) is 37.1. The molecule has 5 rings (SSSR count). The highest BCUT2D eigenvalue weighted by Crippen LogP contribution is 2.51. The molecule has 3 heterocycles. The molecule has 19 nitrogen and oxygen atoms in total. The SMILES string of the molecule is CC[C@H](C)[C@@H]1NC(=O)[C@@H]2CCCN2C(=O)[C@H](Cc2ccccc2)N(C)C(=O)[C@H](Cc2ccccc2)NC(=O)[C@H](C(C)C)N(C)C(=O)[C@@H]([C@@H](C)CC)OC(=O)[C@]2(OC2(C)C)N(C)C(=O)[C@H](CC(C)C)NC(=O)[C@H](C(C)C)N(C)C1=O. The molecule has 3 aliphatic heterocycles. The van der Waals surface area contributed by atoms with E-state index in [-0.39, 0.29) is 38.1 Å². The van der Waals surface area contributed by atoms with E-state index in [2.05, 4.69) is 16.0 Å². The molecular formula is C60H90N8O11. The van der Waals surface area contributed by atoms with Crippen molar-refractivity contribution in [1.82, 2.24) is 40.4 Å². The number of amides is 8. The van der Waals surface area contributed by atoms with E-state index in [1.54, 1.807) is 48.5 Å². The van der Waals surface area contributed by atoms with Crippen LogP contribution in [0, 0.1) is 29.6 Å². The Kier molecular flexibility index (Phi) is 21.5. The number of epoxide rings is 1. The largest absolute Gasteiger partial charge is 0.448 e. The number of carbonyl (C=O) groups excluding carboxylic acids is 9. The lowest BCUT2D eigenvalue weighted by Crippen LogP contribution is -2.62. The van der Waals surface area contributed by atoms with Gasteiger partial charge in [-0.05, 0) is 74.3 Å². The van der Waals surface area contributed by atoms with Gasteiger partial charge < -0.3 is 49.9 Å². The number of ether oxygens (including phenoxy) is 2. The number of fused-ring (bicyclic) bond motifs is 1. The van der Waals surface area contributed by atoms with Crippen LogP contribution < -0.4 is 16.0 Å². The highest BCUT2D eigenvalue weighted by atomic mass is 16.7. The molecule has 0 bridgehead atoms. The molecule has 436 valence electrons. The molecule has 3 saturated heterocycles. The molecule has 0 aromatic heterocycles. The van der Waals surface area contributed by atoms with Crippen LogP contribution in [0.2, 0.25) is 0 Å². The zero-order valence-corrected chi connectivity index (χ0v) is 49.7. The summed E-state index contributed by atoms with van der Waals surface area (Å²) in [5, 5.41) is 8.86. The van der Waals surface area contributed by atoms with E-state index in [0.29, 0.717) is 24.8 Å². The molecule has 11 atom stereocenters. The Hall–Kier alpha value is -6.37. The van der Waals surface area contributed by atoms with Gasteiger partial charge in [0.2, 0.25) is 41.4 Å². The smallest absolute Gasteiger partial charge is 0.364 e. The second-order valence-electron chi connectivity index (χ2n) is 23.8. The molecular weight excluding hydrogens is 1010 g/mol. The first-order valence-corrected chi connectivity index (χ1v) is 28.3. The van der Waals surface area contributed by atoms with E-state index in [4.69, 9.17) is 9.47 Å². The van der Waals surface area contributed by atoms with Crippen molar-refractivity contribution in [3.8, 4) is 0 Å². The number of esters is 1. The summed E-state index contributed by atoms with van der Waals surface area (Å²) in [6.07, 6.45) is 0.272. The Labute approximate surface area is 468 Å². The Morgan fingerprint density at radius 1 is 0.582 bits per heavy atom. The lowest BCUT2D eigenvalue weighted by Gasteiger charge is -2.37. The highest BCUT2D eigenvalue weighted by molar-refractivity contribution is 6.00. The van der Waals surface area contributed by atoms with Crippen LogP contribution in [-0.2, 0) is 65.5 Å². The van der Waals surface area contributed by atoms with Crippen molar-refractivity contribution in [2.24, 2.45) is 29.6 Å². The number of nitrogens with zero attached hydrogens (tertiary/aromatic N) is 5. The van der Waals surface area contributed by atoms with E-state index in [9.17, 15) is 33.6 Å². The highest BCUT2D eigenvalue weighted by Gasteiger charge is 2.75. The van der Waals surface area contributed by atoms with Crippen molar-refractivity contribution < 1.29 is 52.6 Å². The maximum atomic E-state index is 15.3. The number of benzene rings is 2. The molecule has 2 aromatic rings. The molecule has 0 saturated carbocycles. The molecule has 8 amide bonds. The average molecular weight is 1100 g/mol. The van der Waals surface area contributed by atoms with Crippen LogP contribution in [0.1, 0.15) is 126 Å². The minimum Gasteiger partial charge on any atom is -0.448 e. The van der Waals surface area contributed by atoms with Gasteiger partial charge in [0.1, 0.15) is 47.9 Å². The maximum Gasteiger partial charge on any atom is 0.364 e. The Morgan fingerprint density at radius 2 is 1.08 bits per heavy atom. The van der Waals surface area contributed by atoms with E-state index >= 15 is 9.59 Å². The number of likely N-dealkylation sites (N-methyl/N-ethyl adjacent to an activating group) is 4. The van der Waals surface area contributed by atoms with Crippen LogP contribution in [0.15, 0.2) is 60.7 Å². The van der Waals surface area contributed by atoms with Crippen LogP contribution in [0.5, 0.6) is 0 Å². The summed E-state index contributed by atoms with van der Waals surface area (Å²) < 4.78 is 12.3.